The number of hydrogen-bond acceptors (Lipinski definition) is 7. The third-order valence-electron chi connectivity index (χ3n) is 6.86. The van der Waals surface area contributed by atoms with Crippen LogP contribution >= 0.6 is 34.4 Å². The van der Waals surface area contributed by atoms with E-state index in [4.69, 9.17) is 0 Å². The third kappa shape index (κ3) is 8.71. The Balaban J connectivity index is 1.09. The van der Waals surface area contributed by atoms with Crippen LogP contribution in [-0.4, -0.2) is 28.5 Å². The molecule has 0 aliphatic rings. The minimum Gasteiger partial charge on any atom is -0.321 e. The molecule has 4 aromatic carbocycles. The molecule has 0 fully saturated rings. The van der Waals surface area contributed by atoms with Crippen molar-refractivity contribution in [1.29, 1.82) is 0 Å². The van der Waals surface area contributed by atoms with Gasteiger partial charge in [-0.15, -0.1) is 34.4 Å². The number of aromatic nitrogens is 1. The Labute approximate surface area is 284 Å². The molecule has 6 aromatic rings. The summed E-state index contributed by atoms with van der Waals surface area (Å²) in [4.78, 5) is 45.4. The molecule has 2 aromatic heterocycles. The van der Waals surface area contributed by atoms with Gasteiger partial charge in [0.25, 0.3) is 11.8 Å². The SMILES string of the molecule is O=C(CSc1ccc(NC(=O)/C(=C/c2ccc(-c3ccccc3)cc2)NC(=O)c2ccccc2)cc1)Nc1nc(-c2cccs2)cs1. The van der Waals surface area contributed by atoms with Crippen molar-refractivity contribution in [1.82, 2.24) is 10.3 Å². The zero-order valence-corrected chi connectivity index (χ0v) is 27.3. The molecule has 2 heterocycles. The fraction of sp³-hybridized carbons (Fsp3) is 0.0270. The van der Waals surface area contributed by atoms with Gasteiger partial charge in [0.2, 0.25) is 5.91 Å². The maximum Gasteiger partial charge on any atom is 0.272 e. The van der Waals surface area contributed by atoms with Crippen molar-refractivity contribution in [2.45, 2.75) is 4.90 Å². The van der Waals surface area contributed by atoms with Crippen LogP contribution in [0.4, 0.5) is 10.8 Å². The molecule has 0 unspecified atom stereocenters. The van der Waals surface area contributed by atoms with Crippen molar-refractivity contribution in [2.24, 2.45) is 0 Å². The predicted octanol–water partition coefficient (Wildman–Crippen LogP) is 8.68. The number of thiophene rings is 1. The third-order valence-corrected chi connectivity index (χ3v) is 9.53. The zero-order valence-electron chi connectivity index (χ0n) is 24.9. The molecule has 0 saturated carbocycles. The predicted molar refractivity (Wildman–Crippen MR) is 194 cm³/mol. The van der Waals surface area contributed by atoms with Gasteiger partial charge >= 0.3 is 0 Å². The van der Waals surface area contributed by atoms with Gasteiger partial charge in [-0.25, -0.2) is 4.98 Å². The highest BCUT2D eigenvalue weighted by Gasteiger charge is 2.16. The average molecular weight is 673 g/mol. The molecule has 0 radical (unpaired) electrons. The maximum absolute atomic E-state index is 13.5. The summed E-state index contributed by atoms with van der Waals surface area (Å²) in [5.41, 5.74) is 4.83. The number of thiazole rings is 1. The highest BCUT2D eigenvalue weighted by molar-refractivity contribution is 8.00. The second-order valence-electron chi connectivity index (χ2n) is 10.2. The molecule has 3 amide bonds. The number of carbonyl (C=O) groups excluding carboxylic acids is 3. The molecule has 7 nitrogen and oxygen atoms in total. The van der Waals surface area contributed by atoms with Gasteiger partial charge < -0.3 is 16.0 Å². The van der Waals surface area contributed by atoms with E-state index in [1.54, 1.807) is 53.8 Å². The van der Waals surface area contributed by atoms with Crippen LogP contribution in [0.25, 0.3) is 27.8 Å². The van der Waals surface area contributed by atoms with Gasteiger partial charge in [-0.05, 0) is 70.6 Å². The van der Waals surface area contributed by atoms with Crippen molar-refractivity contribution in [3.8, 4) is 21.7 Å². The van der Waals surface area contributed by atoms with E-state index in [1.165, 1.54) is 23.1 Å². The van der Waals surface area contributed by atoms with E-state index in [1.807, 2.05) is 95.7 Å². The Morgan fingerprint density at radius 3 is 2.13 bits per heavy atom. The average Bonchev–Trinajstić information content (AvgIpc) is 3.82. The number of thioether (sulfide) groups is 1. The molecule has 0 aliphatic carbocycles. The molecule has 232 valence electrons. The van der Waals surface area contributed by atoms with Crippen molar-refractivity contribution < 1.29 is 14.4 Å². The van der Waals surface area contributed by atoms with Gasteiger partial charge in [0.05, 0.1) is 16.3 Å². The number of carbonyl (C=O) groups is 3. The molecule has 47 heavy (non-hydrogen) atoms. The lowest BCUT2D eigenvalue weighted by Crippen LogP contribution is -2.30. The standard InChI is InChI=1S/C37H28N4O3S3/c42-34(41-37-40-32(23-47-37)33-12-7-21-45-33)24-46-30-19-17-29(18-20-30)38-36(44)31(39-35(43)28-10-5-2-6-11-28)22-25-13-15-27(16-14-25)26-8-3-1-4-9-26/h1-23H,24H2,(H,38,44)(H,39,43)(H,40,41,42)/b31-22-. The Hall–Kier alpha value is -5.29. The first-order chi connectivity index (χ1) is 23.0. The summed E-state index contributed by atoms with van der Waals surface area (Å²) in [7, 11) is 0. The normalized spacial score (nSPS) is 11.1. The topological polar surface area (TPSA) is 100 Å². The van der Waals surface area contributed by atoms with Crippen LogP contribution in [0.5, 0.6) is 0 Å². The van der Waals surface area contributed by atoms with Crippen molar-refractivity contribution >= 4 is 69.1 Å². The second-order valence-corrected chi connectivity index (χ2v) is 13.1. The Morgan fingerprint density at radius 2 is 1.43 bits per heavy atom. The summed E-state index contributed by atoms with van der Waals surface area (Å²) in [6, 6.07) is 37.7. The van der Waals surface area contributed by atoms with Crippen LogP contribution in [0.1, 0.15) is 15.9 Å². The van der Waals surface area contributed by atoms with Crippen LogP contribution in [0.15, 0.2) is 143 Å². The molecular formula is C37H28N4O3S3. The molecule has 6 rings (SSSR count). The summed E-state index contributed by atoms with van der Waals surface area (Å²) < 4.78 is 0. The van der Waals surface area contributed by atoms with E-state index in [0.717, 1.165) is 32.2 Å². The van der Waals surface area contributed by atoms with Crippen molar-refractivity contribution in [2.75, 3.05) is 16.4 Å². The smallest absolute Gasteiger partial charge is 0.272 e. The lowest BCUT2D eigenvalue weighted by Gasteiger charge is -2.12. The minimum absolute atomic E-state index is 0.103. The van der Waals surface area contributed by atoms with E-state index in [2.05, 4.69) is 20.9 Å². The zero-order chi connectivity index (χ0) is 32.4. The monoisotopic (exact) mass is 672 g/mol. The lowest BCUT2D eigenvalue weighted by molar-refractivity contribution is -0.114. The number of anilines is 2. The number of amides is 3. The van der Waals surface area contributed by atoms with Gasteiger partial charge in [-0.2, -0.15) is 0 Å². The fourth-order valence-electron chi connectivity index (χ4n) is 4.52. The Morgan fingerprint density at radius 1 is 0.723 bits per heavy atom. The van der Waals surface area contributed by atoms with Crippen LogP contribution in [-0.2, 0) is 9.59 Å². The van der Waals surface area contributed by atoms with Crippen LogP contribution in [0.3, 0.4) is 0 Å². The fourth-order valence-corrected chi connectivity index (χ4v) is 6.70. The minimum atomic E-state index is -0.466. The summed E-state index contributed by atoms with van der Waals surface area (Å²) in [5, 5.41) is 13.0. The van der Waals surface area contributed by atoms with Gasteiger partial charge in [-0.3, -0.25) is 14.4 Å². The Bertz CT molecular complexity index is 1990. The first kappa shape index (κ1) is 31.7. The number of benzene rings is 4. The largest absolute Gasteiger partial charge is 0.321 e. The molecular weight excluding hydrogens is 645 g/mol. The van der Waals surface area contributed by atoms with E-state index in [9.17, 15) is 14.4 Å². The summed E-state index contributed by atoms with van der Waals surface area (Å²) in [6.45, 7) is 0. The van der Waals surface area contributed by atoms with E-state index in [0.29, 0.717) is 16.4 Å². The van der Waals surface area contributed by atoms with E-state index in [-0.39, 0.29) is 17.4 Å². The summed E-state index contributed by atoms with van der Waals surface area (Å²) >= 11 is 4.38. The number of rotatable bonds is 11. The molecule has 0 spiro atoms. The molecule has 0 aliphatic heterocycles. The number of hydrogen-bond donors (Lipinski definition) is 3. The van der Waals surface area contributed by atoms with Crippen molar-refractivity contribution in [3.05, 3.63) is 149 Å². The number of nitrogens with one attached hydrogen (secondary N) is 3. The summed E-state index contributed by atoms with van der Waals surface area (Å²) in [5.74, 6) is -0.800. The lowest BCUT2D eigenvalue weighted by atomic mass is 10.0. The molecule has 0 bridgehead atoms. The first-order valence-corrected chi connectivity index (χ1v) is 17.3. The first-order valence-electron chi connectivity index (χ1n) is 14.6. The number of nitrogens with zero attached hydrogens (tertiary/aromatic N) is 1. The molecule has 3 N–H and O–H groups in total. The van der Waals surface area contributed by atoms with Gasteiger partial charge in [-0.1, -0.05) is 78.9 Å². The molecule has 0 saturated heterocycles. The van der Waals surface area contributed by atoms with Crippen molar-refractivity contribution in [3.63, 3.8) is 0 Å². The quantitative estimate of drug-likeness (QED) is 0.0945. The van der Waals surface area contributed by atoms with E-state index >= 15 is 0 Å². The molecule has 0 atom stereocenters. The maximum atomic E-state index is 13.5. The highest BCUT2D eigenvalue weighted by Crippen LogP contribution is 2.29. The van der Waals surface area contributed by atoms with Gasteiger partial charge in [0.1, 0.15) is 5.70 Å². The van der Waals surface area contributed by atoms with Crippen LogP contribution in [0.2, 0.25) is 0 Å². The van der Waals surface area contributed by atoms with Crippen LogP contribution in [0, 0.1) is 0 Å². The highest BCUT2D eigenvalue weighted by atomic mass is 32.2. The van der Waals surface area contributed by atoms with E-state index < -0.39 is 11.8 Å². The Kier molecular flexibility index (Phi) is 10.3. The van der Waals surface area contributed by atoms with Gasteiger partial charge in [0.15, 0.2) is 5.13 Å². The van der Waals surface area contributed by atoms with Crippen LogP contribution < -0.4 is 16.0 Å². The van der Waals surface area contributed by atoms with Gasteiger partial charge in [0, 0.05) is 21.5 Å². The molecule has 10 heteroatoms. The summed E-state index contributed by atoms with van der Waals surface area (Å²) in [6.07, 6.45) is 1.65. The second kappa shape index (κ2) is 15.3.